The Hall–Kier alpha value is -1.78. The van der Waals surface area contributed by atoms with E-state index in [1.807, 2.05) is 0 Å². The highest BCUT2D eigenvalue weighted by Gasteiger charge is 2.26. The Labute approximate surface area is 68.2 Å². The van der Waals surface area contributed by atoms with Crippen LogP contribution in [0.1, 0.15) is 0 Å². The van der Waals surface area contributed by atoms with Crippen molar-refractivity contribution in [3.05, 3.63) is 24.4 Å². The zero-order valence-electron chi connectivity index (χ0n) is 6.04. The average molecular weight is 169 g/mol. The second-order valence-electron chi connectivity index (χ2n) is 2.20. The summed E-state index contributed by atoms with van der Waals surface area (Å²) in [4.78, 5) is 21.7. The molecule has 0 saturated carbocycles. The fourth-order valence-electron chi connectivity index (χ4n) is 0.881. The molecule has 1 heterocycles. The molecule has 1 rings (SSSR count). The van der Waals surface area contributed by atoms with Crippen molar-refractivity contribution in [1.29, 1.82) is 0 Å². The summed E-state index contributed by atoms with van der Waals surface area (Å²) in [5, 5.41) is 17.1. The van der Waals surface area contributed by atoms with Crippen LogP contribution in [0, 0.1) is 0 Å². The average Bonchev–Trinajstić information content (AvgIpc) is 2.04. The van der Waals surface area contributed by atoms with E-state index in [1.54, 1.807) is 0 Å². The molecule has 64 valence electrons. The second-order valence-corrected chi connectivity index (χ2v) is 2.20. The maximum atomic E-state index is 10.5. The third kappa shape index (κ3) is 1.45. The van der Waals surface area contributed by atoms with Gasteiger partial charge >= 0.3 is 12.1 Å². The van der Waals surface area contributed by atoms with Crippen LogP contribution >= 0.6 is 0 Å². The third-order valence-electron chi connectivity index (χ3n) is 1.42. The molecule has 0 radical (unpaired) electrons. The first-order valence-electron chi connectivity index (χ1n) is 3.22. The molecule has 1 unspecified atom stereocenters. The molecule has 5 nitrogen and oxygen atoms in total. The summed E-state index contributed by atoms with van der Waals surface area (Å²) >= 11 is 0. The molecule has 1 amide bonds. The molecular formula is C7H7NO4. The number of allylic oxidation sites excluding steroid dienone is 2. The number of amides is 1. The Bertz CT molecular complexity index is 241. The summed E-state index contributed by atoms with van der Waals surface area (Å²) in [5.41, 5.74) is 0. The number of rotatable bonds is 1. The van der Waals surface area contributed by atoms with Crippen molar-refractivity contribution in [2.24, 2.45) is 0 Å². The minimum Gasteiger partial charge on any atom is -0.479 e. The van der Waals surface area contributed by atoms with Gasteiger partial charge < -0.3 is 10.2 Å². The first-order chi connectivity index (χ1) is 5.63. The van der Waals surface area contributed by atoms with Gasteiger partial charge in [-0.2, -0.15) is 0 Å². The van der Waals surface area contributed by atoms with Crippen molar-refractivity contribution >= 4 is 12.1 Å². The van der Waals surface area contributed by atoms with Crippen LogP contribution in [-0.4, -0.2) is 33.2 Å². The van der Waals surface area contributed by atoms with Crippen LogP contribution in [0.2, 0.25) is 0 Å². The number of hydrogen-bond donors (Lipinski definition) is 2. The third-order valence-corrected chi connectivity index (χ3v) is 1.42. The maximum absolute atomic E-state index is 10.5. The molecule has 5 heteroatoms. The van der Waals surface area contributed by atoms with Gasteiger partial charge in [0.15, 0.2) is 6.04 Å². The van der Waals surface area contributed by atoms with Gasteiger partial charge in [0, 0.05) is 6.20 Å². The van der Waals surface area contributed by atoms with E-state index in [9.17, 15) is 9.59 Å². The van der Waals surface area contributed by atoms with E-state index in [1.165, 1.54) is 24.4 Å². The largest absolute Gasteiger partial charge is 0.479 e. The summed E-state index contributed by atoms with van der Waals surface area (Å²) < 4.78 is 0. The number of nitrogens with zero attached hydrogens (tertiary/aromatic N) is 1. The van der Waals surface area contributed by atoms with Crippen LogP contribution in [0.5, 0.6) is 0 Å². The molecule has 0 aromatic rings. The van der Waals surface area contributed by atoms with Gasteiger partial charge in [0.2, 0.25) is 0 Å². The SMILES string of the molecule is O=C(O)C1C=CC=CN1C(=O)O. The lowest BCUT2D eigenvalue weighted by atomic mass is 10.2. The summed E-state index contributed by atoms with van der Waals surface area (Å²) in [6.07, 6.45) is 4.20. The molecule has 1 atom stereocenters. The molecule has 0 bridgehead atoms. The fraction of sp³-hybridized carbons (Fsp3) is 0.143. The van der Waals surface area contributed by atoms with E-state index in [0.717, 1.165) is 4.90 Å². The number of hydrogen-bond acceptors (Lipinski definition) is 2. The van der Waals surface area contributed by atoms with Crippen molar-refractivity contribution < 1.29 is 19.8 Å². The molecule has 0 spiro atoms. The highest BCUT2D eigenvalue weighted by Crippen LogP contribution is 2.08. The van der Waals surface area contributed by atoms with E-state index in [2.05, 4.69) is 0 Å². The fourth-order valence-corrected chi connectivity index (χ4v) is 0.881. The predicted molar refractivity (Wildman–Crippen MR) is 39.6 cm³/mol. The van der Waals surface area contributed by atoms with Crippen molar-refractivity contribution in [2.75, 3.05) is 0 Å². The van der Waals surface area contributed by atoms with Gasteiger partial charge in [-0.3, -0.25) is 4.90 Å². The Morgan fingerprint density at radius 1 is 1.25 bits per heavy atom. The highest BCUT2D eigenvalue weighted by atomic mass is 16.4. The number of carbonyl (C=O) groups is 2. The van der Waals surface area contributed by atoms with Gasteiger partial charge in [-0.05, 0) is 6.08 Å². The first-order valence-corrected chi connectivity index (χ1v) is 3.22. The number of carboxylic acid groups (broad SMARTS) is 2. The van der Waals surface area contributed by atoms with Crippen molar-refractivity contribution in [2.45, 2.75) is 6.04 Å². The van der Waals surface area contributed by atoms with E-state index < -0.39 is 18.1 Å². The Kier molecular flexibility index (Phi) is 2.14. The molecule has 1 aliphatic heterocycles. The Balaban J connectivity index is 2.85. The molecule has 0 fully saturated rings. The quantitative estimate of drug-likeness (QED) is 0.599. The van der Waals surface area contributed by atoms with Crippen LogP contribution in [0.3, 0.4) is 0 Å². The minimum atomic E-state index is -1.27. The summed E-state index contributed by atoms with van der Waals surface area (Å²) in [6.45, 7) is 0. The van der Waals surface area contributed by atoms with Gasteiger partial charge in [-0.1, -0.05) is 12.2 Å². The van der Waals surface area contributed by atoms with E-state index >= 15 is 0 Å². The molecule has 1 aliphatic rings. The van der Waals surface area contributed by atoms with Gasteiger partial charge in [0.1, 0.15) is 0 Å². The second kappa shape index (κ2) is 3.08. The molecule has 0 aliphatic carbocycles. The smallest absolute Gasteiger partial charge is 0.412 e. The molecular weight excluding hydrogens is 162 g/mol. The van der Waals surface area contributed by atoms with Gasteiger partial charge in [0.25, 0.3) is 0 Å². The topological polar surface area (TPSA) is 77.8 Å². The molecule has 2 N–H and O–H groups in total. The monoisotopic (exact) mass is 169 g/mol. The number of aliphatic carboxylic acids is 1. The van der Waals surface area contributed by atoms with Crippen LogP contribution in [0.25, 0.3) is 0 Å². The lowest BCUT2D eigenvalue weighted by Crippen LogP contribution is -2.40. The Morgan fingerprint density at radius 3 is 2.33 bits per heavy atom. The van der Waals surface area contributed by atoms with E-state index in [-0.39, 0.29) is 0 Å². The summed E-state index contributed by atoms with van der Waals surface area (Å²) in [7, 11) is 0. The normalized spacial score (nSPS) is 21.0. The standard InChI is InChI=1S/C7H7NO4/c9-6(10)5-3-1-2-4-8(5)7(11)12/h1-5H,(H,9,10)(H,11,12). The van der Waals surface area contributed by atoms with Crippen LogP contribution < -0.4 is 0 Å². The molecule has 0 saturated heterocycles. The summed E-state index contributed by atoms with van der Waals surface area (Å²) in [5.74, 6) is -1.18. The van der Waals surface area contributed by atoms with Gasteiger partial charge in [-0.25, -0.2) is 9.59 Å². The first kappa shape index (κ1) is 8.32. The highest BCUT2D eigenvalue weighted by molar-refractivity contribution is 5.82. The zero-order valence-corrected chi connectivity index (χ0v) is 6.04. The molecule has 12 heavy (non-hydrogen) atoms. The Morgan fingerprint density at radius 2 is 1.92 bits per heavy atom. The maximum Gasteiger partial charge on any atom is 0.412 e. The molecule has 0 aromatic carbocycles. The van der Waals surface area contributed by atoms with Gasteiger partial charge in [0.05, 0.1) is 0 Å². The molecule has 0 aromatic heterocycles. The van der Waals surface area contributed by atoms with Crippen LogP contribution in [-0.2, 0) is 4.79 Å². The lowest BCUT2D eigenvalue weighted by molar-refractivity contribution is -0.140. The van der Waals surface area contributed by atoms with E-state index in [0.29, 0.717) is 0 Å². The zero-order chi connectivity index (χ0) is 9.14. The van der Waals surface area contributed by atoms with Crippen molar-refractivity contribution in [3.63, 3.8) is 0 Å². The lowest BCUT2D eigenvalue weighted by Gasteiger charge is -2.21. The van der Waals surface area contributed by atoms with Gasteiger partial charge in [-0.15, -0.1) is 0 Å². The van der Waals surface area contributed by atoms with E-state index in [4.69, 9.17) is 10.2 Å². The van der Waals surface area contributed by atoms with Crippen LogP contribution in [0.4, 0.5) is 4.79 Å². The van der Waals surface area contributed by atoms with Crippen LogP contribution in [0.15, 0.2) is 24.4 Å². The number of carboxylic acids is 1. The van der Waals surface area contributed by atoms with Crippen molar-refractivity contribution in [3.8, 4) is 0 Å². The van der Waals surface area contributed by atoms with Crippen molar-refractivity contribution in [1.82, 2.24) is 4.90 Å². The minimum absolute atomic E-state index is 0.725. The summed E-state index contributed by atoms with van der Waals surface area (Å²) in [6, 6.07) is -1.10. The predicted octanol–water partition coefficient (Wildman–Crippen LogP) is 0.503.